The molecule has 8 aromatic carbocycles. The predicted molar refractivity (Wildman–Crippen MR) is 192 cm³/mol. The van der Waals surface area contributed by atoms with Crippen molar-refractivity contribution in [1.82, 2.24) is 4.57 Å². The molecule has 0 saturated carbocycles. The summed E-state index contributed by atoms with van der Waals surface area (Å²) in [6, 6.07) is 59.0. The van der Waals surface area contributed by atoms with Crippen molar-refractivity contribution in [3.63, 3.8) is 0 Å². The monoisotopic (exact) mass is 585 g/mol. The Kier molecular flexibility index (Phi) is 5.31. The van der Waals surface area contributed by atoms with E-state index >= 15 is 0 Å². The van der Waals surface area contributed by atoms with Gasteiger partial charge in [-0.25, -0.2) is 0 Å². The molecule has 46 heavy (non-hydrogen) atoms. The molecule has 1 aromatic heterocycles. The van der Waals surface area contributed by atoms with Crippen LogP contribution in [0.5, 0.6) is 11.5 Å². The first-order chi connectivity index (χ1) is 22.8. The average Bonchev–Trinajstić information content (AvgIpc) is 3.44. The van der Waals surface area contributed by atoms with Gasteiger partial charge in [0.15, 0.2) is 0 Å². The lowest BCUT2D eigenvalue weighted by atomic mass is 9.89. The molecule has 9 aromatic rings. The Morgan fingerprint density at radius 1 is 0.370 bits per heavy atom. The van der Waals surface area contributed by atoms with Gasteiger partial charge in [0.1, 0.15) is 11.5 Å². The first-order valence-corrected chi connectivity index (χ1v) is 15.8. The zero-order valence-corrected chi connectivity index (χ0v) is 24.9. The second-order valence-electron chi connectivity index (χ2n) is 12.1. The Balaban J connectivity index is 1.18. The van der Waals surface area contributed by atoms with Gasteiger partial charge in [0, 0.05) is 27.4 Å². The minimum absolute atomic E-state index is 0.911. The molecule has 214 valence electrons. The van der Waals surface area contributed by atoms with Crippen molar-refractivity contribution in [3.8, 4) is 50.6 Å². The Bertz CT molecular complexity index is 2660. The molecular formula is C44H27NO. The van der Waals surface area contributed by atoms with Gasteiger partial charge in [-0.1, -0.05) is 115 Å². The molecule has 0 spiro atoms. The Hall–Kier alpha value is -6.12. The quantitative estimate of drug-likeness (QED) is 0.201. The fourth-order valence-electron chi connectivity index (χ4n) is 7.53. The number of hydrogen-bond acceptors (Lipinski definition) is 1. The van der Waals surface area contributed by atoms with Crippen molar-refractivity contribution in [2.45, 2.75) is 0 Å². The van der Waals surface area contributed by atoms with E-state index in [1.807, 2.05) is 12.1 Å². The van der Waals surface area contributed by atoms with Crippen LogP contribution in [0, 0.1) is 0 Å². The molecule has 1 aliphatic heterocycles. The number of para-hydroxylation sites is 3. The van der Waals surface area contributed by atoms with E-state index < -0.39 is 0 Å². The van der Waals surface area contributed by atoms with Crippen LogP contribution in [0.1, 0.15) is 0 Å². The third kappa shape index (κ3) is 3.65. The number of hydrogen-bond donors (Lipinski definition) is 0. The third-order valence-corrected chi connectivity index (χ3v) is 9.57. The van der Waals surface area contributed by atoms with Crippen LogP contribution in [-0.2, 0) is 0 Å². The summed E-state index contributed by atoms with van der Waals surface area (Å²) >= 11 is 0. The van der Waals surface area contributed by atoms with Crippen LogP contribution < -0.4 is 4.74 Å². The normalized spacial score (nSPS) is 12.1. The standard InChI is InChI=1S/C44H27NO/c1-2-14-31(15-3-1)45-40-21-6-4-16-34(40)39-26-30-13-9-18-32(38(30)27-41(39)45)28-11-8-12-29(25-28)33-23-24-43-44-36(33)19-10-20-37(44)35-17-5-7-22-42(35)46-43/h1-27H. The Morgan fingerprint density at radius 2 is 1.07 bits per heavy atom. The maximum absolute atomic E-state index is 6.38. The molecule has 0 radical (unpaired) electrons. The lowest BCUT2D eigenvalue weighted by Crippen LogP contribution is -1.97. The van der Waals surface area contributed by atoms with E-state index in [2.05, 4.69) is 156 Å². The van der Waals surface area contributed by atoms with Gasteiger partial charge in [-0.2, -0.15) is 0 Å². The summed E-state index contributed by atoms with van der Waals surface area (Å²) < 4.78 is 8.77. The van der Waals surface area contributed by atoms with Gasteiger partial charge in [-0.15, -0.1) is 0 Å². The van der Waals surface area contributed by atoms with Crippen LogP contribution in [-0.4, -0.2) is 4.57 Å². The van der Waals surface area contributed by atoms with E-state index in [1.165, 1.54) is 76.9 Å². The molecule has 2 nitrogen and oxygen atoms in total. The highest BCUT2D eigenvalue weighted by molar-refractivity contribution is 6.16. The minimum atomic E-state index is 0.911. The second kappa shape index (κ2) is 9.69. The Labute approximate surface area is 266 Å². The van der Waals surface area contributed by atoms with Gasteiger partial charge in [0.2, 0.25) is 0 Å². The first-order valence-electron chi connectivity index (χ1n) is 15.8. The van der Waals surface area contributed by atoms with Gasteiger partial charge in [-0.3, -0.25) is 0 Å². The van der Waals surface area contributed by atoms with E-state index in [0.717, 1.165) is 17.1 Å². The van der Waals surface area contributed by atoms with Crippen LogP contribution in [0.4, 0.5) is 0 Å². The first kappa shape index (κ1) is 25.2. The summed E-state index contributed by atoms with van der Waals surface area (Å²) in [5, 5.41) is 7.40. The van der Waals surface area contributed by atoms with Crippen molar-refractivity contribution in [3.05, 3.63) is 164 Å². The molecule has 10 rings (SSSR count). The summed E-state index contributed by atoms with van der Waals surface area (Å²) in [4.78, 5) is 0. The zero-order valence-electron chi connectivity index (χ0n) is 24.9. The molecule has 0 fully saturated rings. The molecule has 0 amide bonds. The topological polar surface area (TPSA) is 14.2 Å². The molecule has 0 aliphatic carbocycles. The summed E-state index contributed by atoms with van der Waals surface area (Å²) in [5.41, 5.74) is 10.8. The van der Waals surface area contributed by atoms with E-state index in [0.29, 0.717) is 0 Å². The van der Waals surface area contributed by atoms with Gasteiger partial charge in [0.05, 0.1) is 11.0 Å². The van der Waals surface area contributed by atoms with E-state index in [9.17, 15) is 0 Å². The van der Waals surface area contributed by atoms with Crippen LogP contribution >= 0.6 is 0 Å². The number of nitrogens with zero attached hydrogens (tertiary/aromatic N) is 1. The van der Waals surface area contributed by atoms with Crippen LogP contribution in [0.25, 0.3) is 82.4 Å². The lowest BCUT2D eigenvalue weighted by molar-refractivity contribution is 0.487. The van der Waals surface area contributed by atoms with Crippen molar-refractivity contribution in [1.29, 1.82) is 0 Å². The molecule has 0 N–H and O–H groups in total. The number of benzene rings is 8. The van der Waals surface area contributed by atoms with Gasteiger partial charge < -0.3 is 9.30 Å². The van der Waals surface area contributed by atoms with Crippen LogP contribution in [0.15, 0.2) is 164 Å². The smallest absolute Gasteiger partial charge is 0.135 e. The fraction of sp³-hybridized carbons (Fsp3) is 0. The zero-order chi connectivity index (χ0) is 30.2. The van der Waals surface area contributed by atoms with E-state index in [1.54, 1.807) is 0 Å². The maximum Gasteiger partial charge on any atom is 0.135 e. The number of ether oxygens (including phenoxy) is 1. The molecule has 0 unspecified atom stereocenters. The van der Waals surface area contributed by atoms with Crippen LogP contribution in [0.3, 0.4) is 0 Å². The second-order valence-corrected chi connectivity index (χ2v) is 12.1. The van der Waals surface area contributed by atoms with Gasteiger partial charge in [-0.05, 0) is 92.5 Å². The lowest BCUT2D eigenvalue weighted by Gasteiger charge is -2.22. The summed E-state index contributed by atoms with van der Waals surface area (Å²) in [7, 11) is 0. The van der Waals surface area contributed by atoms with Gasteiger partial charge in [0.25, 0.3) is 0 Å². The fourth-order valence-corrected chi connectivity index (χ4v) is 7.53. The third-order valence-electron chi connectivity index (χ3n) is 9.57. The summed E-state index contributed by atoms with van der Waals surface area (Å²) in [6.45, 7) is 0. The maximum atomic E-state index is 6.38. The van der Waals surface area contributed by atoms with Crippen molar-refractivity contribution in [2.24, 2.45) is 0 Å². The van der Waals surface area contributed by atoms with Crippen LogP contribution in [0.2, 0.25) is 0 Å². The highest BCUT2D eigenvalue weighted by Gasteiger charge is 2.21. The van der Waals surface area contributed by atoms with Crippen molar-refractivity contribution in [2.75, 3.05) is 0 Å². The SMILES string of the molecule is c1ccc(-n2c3ccccc3c3cc4cccc(-c5cccc(-c6ccc7c8c(cccc68)-c6ccccc6O7)c5)c4cc32)cc1. The number of fused-ring (bicyclic) bond motifs is 6. The largest absolute Gasteiger partial charge is 0.456 e. The van der Waals surface area contributed by atoms with Gasteiger partial charge >= 0.3 is 0 Å². The number of rotatable bonds is 3. The molecule has 0 saturated heterocycles. The highest BCUT2D eigenvalue weighted by Crippen LogP contribution is 2.48. The average molecular weight is 586 g/mol. The minimum Gasteiger partial charge on any atom is -0.456 e. The van der Waals surface area contributed by atoms with E-state index in [-0.39, 0.29) is 0 Å². The molecule has 0 atom stereocenters. The molecule has 0 bridgehead atoms. The predicted octanol–water partition coefficient (Wildman–Crippen LogP) is 12.2. The molecule has 2 heteroatoms. The summed E-state index contributed by atoms with van der Waals surface area (Å²) in [5.74, 6) is 1.82. The van der Waals surface area contributed by atoms with Crippen molar-refractivity contribution >= 4 is 43.4 Å². The molecule has 2 heterocycles. The van der Waals surface area contributed by atoms with E-state index in [4.69, 9.17) is 4.74 Å². The summed E-state index contributed by atoms with van der Waals surface area (Å²) in [6.07, 6.45) is 0. The molecule has 1 aliphatic rings. The number of aromatic nitrogens is 1. The molecular weight excluding hydrogens is 558 g/mol. The highest BCUT2D eigenvalue weighted by atomic mass is 16.5. The Morgan fingerprint density at radius 3 is 1.98 bits per heavy atom. The van der Waals surface area contributed by atoms with Crippen molar-refractivity contribution < 1.29 is 4.74 Å².